The van der Waals surface area contributed by atoms with Crippen LogP contribution in [-0.2, 0) is 4.79 Å². The molecule has 0 spiro atoms. The Labute approximate surface area is 124 Å². The summed E-state index contributed by atoms with van der Waals surface area (Å²) >= 11 is 3.42. The van der Waals surface area contributed by atoms with Crippen molar-refractivity contribution in [2.24, 2.45) is 5.73 Å². The van der Waals surface area contributed by atoms with Crippen LogP contribution in [0, 0.1) is 0 Å². The molecule has 1 unspecified atom stereocenters. The highest BCUT2D eigenvalue weighted by Gasteiger charge is 2.25. The van der Waals surface area contributed by atoms with E-state index in [0.29, 0.717) is 46.9 Å². The summed E-state index contributed by atoms with van der Waals surface area (Å²) in [6.45, 7) is 0.939. The fourth-order valence-electron chi connectivity index (χ4n) is 2.06. The maximum Gasteiger partial charge on any atom is 0.303 e. The normalized spacial score (nSPS) is 14.8. The molecule has 0 amide bonds. The molecule has 0 saturated carbocycles. The van der Waals surface area contributed by atoms with Gasteiger partial charge in [0.05, 0.1) is 7.11 Å². The van der Waals surface area contributed by atoms with Crippen LogP contribution in [0.25, 0.3) is 0 Å². The summed E-state index contributed by atoms with van der Waals surface area (Å²) in [6, 6.07) is 1.30. The lowest BCUT2D eigenvalue weighted by molar-refractivity contribution is -0.137. The lowest BCUT2D eigenvalue weighted by Gasteiger charge is -2.24. The Balaban J connectivity index is 2.36. The van der Waals surface area contributed by atoms with Gasteiger partial charge in [-0.2, -0.15) is 0 Å². The van der Waals surface area contributed by atoms with E-state index in [0.717, 1.165) is 0 Å². The Hall–Kier alpha value is -1.47. The molecule has 0 radical (unpaired) electrons. The molecular formula is C13H16BrNO5. The van der Waals surface area contributed by atoms with E-state index < -0.39 is 12.0 Å². The van der Waals surface area contributed by atoms with Gasteiger partial charge in [-0.15, -0.1) is 0 Å². The summed E-state index contributed by atoms with van der Waals surface area (Å²) < 4.78 is 17.1. The monoisotopic (exact) mass is 345 g/mol. The summed E-state index contributed by atoms with van der Waals surface area (Å²) in [5.74, 6) is 0.843. The van der Waals surface area contributed by atoms with Gasteiger partial charge >= 0.3 is 5.97 Å². The molecule has 1 aliphatic rings. The van der Waals surface area contributed by atoms with E-state index in [1.807, 2.05) is 0 Å². The Morgan fingerprint density at radius 1 is 1.55 bits per heavy atom. The highest BCUT2D eigenvalue weighted by Crippen LogP contribution is 2.47. The molecule has 0 aliphatic carbocycles. The zero-order chi connectivity index (χ0) is 14.7. The Kier molecular flexibility index (Phi) is 4.72. The van der Waals surface area contributed by atoms with E-state index in [1.54, 1.807) is 6.07 Å². The molecule has 1 aliphatic heterocycles. The standard InChI is InChI=1S/C13H16BrNO5/c1-18-12-7(8(15)2-3-10(16)17)6-9-13(11(12)14)20-5-4-19-9/h6,8H,2-5,15H2,1H3,(H,16,17). The van der Waals surface area contributed by atoms with E-state index in [2.05, 4.69) is 15.9 Å². The van der Waals surface area contributed by atoms with Gasteiger partial charge in [0.25, 0.3) is 0 Å². The predicted molar refractivity (Wildman–Crippen MR) is 75.5 cm³/mol. The summed E-state index contributed by atoms with van der Waals surface area (Å²) in [5, 5.41) is 8.74. The average molecular weight is 346 g/mol. The van der Waals surface area contributed by atoms with Crippen molar-refractivity contribution in [3.05, 3.63) is 16.1 Å². The molecule has 1 atom stereocenters. The lowest BCUT2D eigenvalue weighted by Crippen LogP contribution is -2.18. The van der Waals surface area contributed by atoms with Crippen LogP contribution in [0.15, 0.2) is 10.5 Å². The van der Waals surface area contributed by atoms with Crippen LogP contribution in [0.4, 0.5) is 0 Å². The molecule has 1 aromatic rings. The molecule has 20 heavy (non-hydrogen) atoms. The number of carbonyl (C=O) groups is 1. The van der Waals surface area contributed by atoms with Crippen LogP contribution in [0.1, 0.15) is 24.4 Å². The van der Waals surface area contributed by atoms with Crippen LogP contribution >= 0.6 is 15.9 Å². The van der Waals surface area contributed by atoms with Crippen LogP contribution in [-0.4, -0.2) is 31.4 Å². The van der Waals surface area contributed by atoms with Gasteiger partial charge in [0.15, 0.2) is 11.5 Å². The minimum Gasteiger partial charge on any atom is -0.495 e. The number of ether oxygens (including phenoxy) is 3. The van der Waals surface area contributed by atoms with Gasteiger partial charge in [0.2, 0.25) is 0 Å². The SMILES string of the molecule is COc1c(C(N)CCC(=O)O)cc2c(c1Br)OCCO2. The fraction of sp³-hybridized carbons (Fsp3) is 0.462. The molecule has 0 saturated heterocycles. The molecule has 0 aromatic heterocycles. The molecular weight excluding hydrogens is 330 g/mol. The van der Waals surface area contributed by atoms with Crippen molar-refractivity contribution in [2.45, 2.75) is 18.9 Å². The third-order valence-electron chi connectivity index (χ3n) is 3.03. The first kappa shape index (κ1) is 14.9. The predicted octanol–water partition coefficient (Wildman–Crippen LogP) is 2.09. The largest absolute Gasteiger partial charge is 0.495 e. The number of hydrogen-bond donors (Lipinski definition) is 2. The number of nitrogens with two attached hydrogens (primary N) is 1. The van der Waals surface area contributed by atoms with Crippen LogP contribution < -0.4 is 19.9 Å². The van der Waals surface area contributed by atoms with E-state index in [-0.39, 0.29) is 6.42 Å². The van der Waals surface area contributed by atoms with Crippen LogP contribution in [0.5, 0.6) is 17.2 Å². The van der Waals surface area contributed by atoms with E-state index in [4.69, 9.17) is 25.1 Å². The fourth-order valence-corrected chi connectivity index (χ4v) is 2.77. The molecule has 7 heteroatoms. The van der Waals surface area contributed by atoms with E-state index in [9.17, 15) is 4.79 Å². The average Bonchev–Trinajstić information content (AvgIpc) is 2.44. The number of carboxylic acid groups (broad SMARTS) is 1. The maximum atomic E-state index is 10.6. The van der Waals surface area contributed by atoms with Gasteiger partial charge in [-0.3, -0.25) is 4.79 Å². The van der Waals surface area contributed by atoms with Crippen molar-refractivity contribution in [1.29, 1.82) is 0 Å². The van der Waals surface area contributed by atoms with Gasteiger partial charge in [-0.05, 0) is 28.4 Å². The highest BCUT2D eigenvalue weighted by atomic mass is 79.9. The minimum absolute atomic E-state index is 0.00359. The number of halogens is 1. The molecule has 0 fully saturated rings. The zero-order valence-electron chi connectivity index (χ0n) is 11.0. The van der Waals surface area contributed by atoms with Gasteiger partial charge in [-0.1, -0.05) is 0 Å². The Morgan fingerprint density at radius 2 is 2.25 bits per heavy atom. The molecule has 1 aromatic carbocycles. The molecule has 6 nitrogen and oxygen atoms in total. The van der Waals surface area contributed by atoms with Crippen molar-refractivity contribution < 1.29 is 24.1 Å². The number of hydrogen-bond acceptors (Lipinski definition) is 5. The van der Waals surface area contributed by atoms with Crippen LogP contribution in [0.2, 0.25) is 0 Å². The van der Waals surface area contributed by atoms with Crippen molar-refractivity contribution in [3.63, 3.8) is 0 Å². The minimum atomic E-state index is -0.879. The summed E-state index contributed by atoms with van der Waals surface area (Å²) in [5.41, 5.74) is 6.76. The smallest absolute Gasteiger partial charge is 0.303 e. The second-order valence-corrected chi connectivity index (χ2v) is 5.17. The number of rotatable bonds is 5. The first-order valence-electron chi connectivity index (χ1n) is 6.18. The van der Waals surface area contributed by atoms with Gasteiger partial charge in [0, 0.05) is 18.0 Å². The van der Waals surface area contributed by atoms with Crippen molar-refractivity contribution in [3.8, 4) is 17.2 Å². The number of fused-ring (bicyclic) bond motifs is 1. The third-order valence-corrected chi connectivity index (χ3v) is 3.75. The second-order valence-electron chi connectivity index (χ2n) is 4.38. The van der Waals surface area contributed by atoms with Gasteiger partial charge in [-0.25, -0.2) is 0 Å². The summed E-state index contributed by atoms with van der Waals surface area (Å²) in [7, 11) is 1.53. The number of benzene rings is 1. The number of aliphatic carboxylic acids is 1. The first-order valence-corrected chi connectivity index (χ1v) is 6.97. The van der Waals surface area contributed by atoms with E-state index in [1.165, 1.54) is 7.11 Å². The molecule has 3 N–H and O–H groups in total. The molecule has 110 valence electrons. The summed E-state index contributed by atoms with van der Waals surface area (Å²) in [6.07, 6.45) is 0.314. The van der Waals surface area contributed by atoms with Gasteiger partial charge in [0.1, 0.15) is 23.4 Å². The van der Waals surface area contributed by atoms with Crippen molar-refractivity contribution in [1.82, 2.24) is 0 Å². The number of carboxylic acids is 1. The Morgan fingerprint density at radius 3 is 2.90 bits per heavy atom. The molecule has 0 bridgehead atoms. The Bertz CT molecular complexity index is 520. The second kappa shape index (κ2) is 6.32. The van der Waals surface area contributed by atoms with Crippen LogP contribution in [0.3, 0.4) is 0 Å². The first-order chi connectivity index (χ1) is 9.54. The van der Waals surface area contributed by atoms with Crippen molar-refractivity contribution >= 4 is 21.9 Å². The highest BCUT2D eigenvalue weighted by molar-refractivity contribution is 9.10. The van der Waals surface area contributed by atoms with Gasteiger partial charge < -0.3 is 25.1 Å². The topological polar surface area (TPSA) is 91.0 Å². The molecule has 2 rings (SSSR count). The van der Waals surface area contributed by atoms with Crippen molar-refractivity contribution in [2.75, 3.05) is 20.3 Å². The molecule has 1 heterocycles. The maximum absolute atomic E-state index is 10.6. The third kappa shape index (κ3) is 2.99. The summed E-state index contributed by atoms with van der Waals surface area (Å²) in [4.78, 5) is 10.6. The van der Waals surface area contributed by atoms with E-state index >= 15 is 0 Å². The zero-order valence-corrected chi connectivity index (χ0v) is 12.6. The number of methoxy groups -OCH3 is 1. The lowest BCUT2D eigenvalue weighted by atomic mass is 10.0. The quantitative estimate of drug-likeness (QED) is 0.848.